The molecule has 2 aromatic heterocycles. The molecular formula is C15H21N5O. The Morgan fingerprint density at radius 3 is 3.00 bits per heavy atom. The summed E-state index contributed by atoms with van der Waals surface area (Å²) in [4.78, 5) is 6.03. The van der Waals surface area contributed by atoms with E-state index in [-0.39, 0.29) is 6.04 Å². The van der Waals surface area contributed by atoms with Gasteiger partial charge in [0, 0.05) is 32.5 Å². The van der Waals surface area contributed by atoms with Gasteiger partial charge in [-0.15, -0.1) is 5.10 Å². The van der Waals surface area contributed by atoms with Gasteiger partial charge in [-0.1, -0.05) is 5.10 Å². The van der Waals surface area contributed by atoms with Crippen LogP contribution in [0.1, 0.15) is 48.9 Å². The van der Waals surface area contributed by atoms with Gasteiger partial charge in [0.1, 0.15) is 0 Å². The Kier molecular flexibility index (Phi) is 3.88. The molecule has 1 N–H and O–H groups in total. The van der Waals surface area contributed by atoms with E-state index in [1.54, 1.807) is 0 Å². The number of nitrogens with one attached hydrogen (secondary N) is 1. The molecule has 0 saturated carbocycles. The predicted octanol–water partition coefficient (Wildman–Crippen LogP) is 2.26. The van der Waals surface area contributed by atoms with Gasteiger partial charge in [0.15, 0.2) is 0 Å². The molecule has 0 saturated heterocycles. The Hall–Kier alpha value is -1.95. The number of pyridine rings is 1. The van der Waals surface area contributed by atoms with E-state index >= 15 is 0 Å². The molecule has 0 radical (unpaired) electrons. The van der Waals surface area contributed by atoms with Crippen LogP contribution in [0.5, 0.6) is 0 Å². The topological polar surface area (TPSA) is 67.1 Å². The van der Waals surface area contributed by atoms with Gasteiger partial charge in [-0.3, -0.25) is 10.3 Å². The highest BCUT2D eigenvalue weighted by molar-refractivity contribution is 5.29. The van der Waals surface area contributed by atoms with Crippen molar-refractivity contribution in [3.63, 3.8) is 0 Å². The van der Waals surface area contributed by atoms with Crippen LogP contribution in [-0.4, -0.2) is 29.3 Å². The van der Waals surface area contributed by atoms with Crippen LogP contribution in [0.25, 0.3) is 0 Å². The summed E-state index contributed by atoms with van der Waals surface area (Å²) in [5.74, 6) is 0.625. The van der Waals surface area contributed by atoms with Gasteiger partial charge in [-0.2, -0.15) is 0 Å². The lowest BCUT2D eigenvalue weighted by Crippen LogP contribution is -2.28. The van der Waals surface area contributed by atoms with Crippen LogP contribution in [-0.2, 0) is 6.42 Å². The Bertz CT molecular complexity index is 610. The van der Waals surface area contributed by atoms with Crippen LogP contribution in [0.2, 0.25) is 0 Å². The van der Waals surface area contributed by atoms with Crippen molar-refractivity contribution in [2.45, 2.75) is 38.3 Å². The van der Waals surface area contributed by atoms with Crippen LogP contribution < -0.4 is 10.2 Å². The zero-order chi connectivity index (χ0) is 14.8. The molecule has 2 aromatic rings. The maximum absolute atomic E-state index is 5.67. The van der Waals surface area contributed by atoms with Crippen molar-refractivity contribution >= 4 is 6.01 Å². The second kappa shape index (κ2) is 5.81. The molecular weight excluding hydrogens is 266 g/mol. The molecule has 0 bridgehead atoms. The number of nitrogens with zero attached hydrogens (tertiary/aromatic N) is 4. The first-order valence-corrected chi connectivity index (χ1v) is 7.34. The van der Waals surface area contributed by atoms with Gasteiger partial charge in [0.25, 0.3) is 0 Å². The first-order chi connectivity index (χ1) is 10.1. The fourth-order valence-electron chi connectivity index (χ4n) is 2.77. The lowest BCUT2D eigenvalue weighted by molar-refractivity contribution is 0.359. The number of aryl methyl sites for hydroxylation is 1. The number of hydrogen-bond acceptors (Lipinski definition) is 6. The molecule has 0 fully saturated rings. The van der Waals surface area contributed by atoms with Crippen LogP contribution in [0.4, 0.5) is 6.01 Å². The summed E-state index contributed by atoms with van der Waals surface area (Å²) in [6, 6.07) is 2.99. The third-order valence-electron chi connectivity index (χ3n) is 3.89. The highest BCUT2D eigenvalue weighted by atomic mass is 16.4. The smallest absolute Gasteiger partial charge is 0.317 e. The van der Waals surface area contributed by atoms with Crippen molar-refractivity contribution in [2.24, 2.45) is 0 Å². The fraction of sp³-hybridized carbons (Fsp3) is 0.533. The van der Waals surface area contributed by atoms with Gasteiger partial charge >= 0.3 is 6.01 Å². The predicted molar refractivity (Wildman–Crippen MR) is 80.1 cm³/mol. The summed E-state index contributed by atoms with van der Waals surface area (Å²) >= 11 is 0. The number of fused-ring (bicyclic) bond motifs is 1. The number of hydrogen-bond donors (Lipinski definition) is 1. The molecule has 1 aliphatic rings. The van der Waals surface area contributed by atoms with E-state index in [0.29, 0.717) is 17.9 Å². The van der Waals surface area contributed by atoms with Crippen molar-refractivity contribution in [1.82, 2.24) is 20.5 Å². The first kappa shape index (κ1) is 14.0. The fourth-order valence-corrected chi connectivity index (χ4v) is 2.77. The molecule has 1 aliphatic carbocycles. The minimum Gasteiger partial charge on any atom is -0.406 e. The summed E-state index contributed by atoms with van der Waals surface area (Å²) in [5, 5.41) is 11.8. The highest BCUT2D eigenvalue weighted by Gasteiger charge is 2.24. The minimum absolute atomic E-state index is 0.0234. The van der Waals surface area contributed by atoms with E-state index in [9.17, 15) is 0 Å². The van der Waals surface area contributed by atoms with Crippen molar-refractivity contribution in [2.75, 3.05) is 19.0 Å². The van der Waals surface area contributed by atoms with E-state index in [2.05, 4.69) is 33.5 Å². The van der Waals surface area contributed by atoms with Gasteiger partial charge in [0.05, 0.1) is 6.04 Å². The molecule has 21 heavy (non-hydrogen) atoms. The largest absolute Gasteiger partial charge is 0.406 e. The molecule has 2 atom stereocenters. The van der Waals surface area contributed by atoms with Gasteiger partial charge < -0.3 is 9.32 Å². The average Bonchev–Trinajstić information content (AvgIpc) is 2.98. The maximum Gasteiger partial charge on any atom is 0.317 e. The lowest BCUT2D eigenvalue weighted by atomic mass is 9.89. The summed E-state index contributed by atoms with van der Waals surface area (Å²) < 4.78 is 5.67. The number of rotatable bonds is 4. The third kappa shape index (κ3) is 2.90. The van der Waals surface area contributed by atoms with E-state index in [4.69, 9.17) is 4.42 Å². The average molecular weight is 287 g/mol. The Morgan fingerprint density at radius 2 is 2.24 bits per heavy atom. The Morgan fingerprint density at radius 1 is 1.38 bits per heavy atom. The second-order valence-electron chi connectivity index (χ2n) is 5.72. The van der Waals surface area contributed by atoms with Crippen molar-refractivity contribution in [3.8, 4) is 0 Å². The van der Waals surface area contributed by atoms with Gasteiger partial charge in [-0.05, 0) is 43.4 Å². The van der Waals surface area contributed by atoms with Gasteiger partial charge in [0.2, 0.25) is 5.89 Å². The molecule has 0 aromatic carbocycles. The second-order valence-corrected chi connectivity index (χ2v) is 5.72. The molecule has 0 spiro atoms. The van der Waals surface area contributed by atoms with Crippen molar-refractivity contribution < 1.29 is 4.42 Å². The molecule has 6 nitrogen and oxygen atoms in total. The minimum atomic E-state index is 0.0234. The zero-order valence-electron chi connectivity index (χ0n) is 12.7. The normalized spacial score (nSPS) is 19.1. The van der Waals surface area contributed by atoms with Gasteiger partial charge in [-0.25, -0.2) is 0 Å². The summed E-state index contributed by atoms with van der Waals surface area (Å²) in [6.07, 6.45) is 7.25. The molecule has 2 heterocycles. The SMILES string of the molecule is CC(NC1CCCc2cnccc21)c1nnc(N(C)C)o1. The summed E-state index contributed by atoms with van der Waals surface area (Å²) in [6.45, 7) is 2.06. The van der Waals surface area contributed by atoms with Crippen LogP contribution in [0, 0.1) is 0 Å². The van der Waals surface area contributed by atoms with Crippen molar-refractivity contribution in [3.05, 3.63) is 35.5 Å². The molecule has 3 rings (SSSR count). The van der Waals surface area contributed by atoms with Crippen LogP contribution in [0.15, 0.2) is 22.9 Å². The third-order valence-corrected chi connectivity index (χ3v) is 3.89. The molecule has 6 heteroatoms. The Balaban J connectivity index is 1.74. The molecule has 2 unspecified atom stereocenters. The van der Waals surface area contributed by atoms with Crippen LogP contribution >= 0.6 is 0 Å². The standard InChI is InChI=1S/C15H21N5O/c1-10(14-18-19-15(21-14)20(2)3)17-13-6-4-5-11-9-16-8-7-12(11)13/h7-10,13,17H,4-6H2,1-3H3. The molecule has 0 amide bonds. The number of anilines is 1. The van der Waals surface area contributed by atoms with E-state index in [1.807, 2.05) is 31.4 Å². The van der Waals surface area contributed by atoms with E-state index in [1.165, 1.54) is 17.5 Å². The summed E-state index contributed by atoms with van der Waals surface area (Å²) in [5.41, 5.74) is 2.68. The van der Waals surface area contributed by atoms with Crippen LogP contribution in [0.3, 0.4) is 0 Å². The molecule has 0 aliphatic heterocycles. The van der Waals surface area contributed by atoms with Crippen molar-refractivity contribution in [1.29, 1.82) is 0 Å². The number of aromatic nitrogens is 3. The van der Waals surface area contributed by atoms with E-state index in [0.717, 1.165) is 12.8 Å². The van der Waals surface area contributed by atoms with E-state index < -0.39 is 0 Å². The Labute approximate surface area is 124 Å². The highest BCUT2D eigenvalue weighted by Crippen LogP contribution is 2.31. The summed E-state index contributed by atoms with van der Waals surface area (Å²) in [7, 11) is 3.78. The quantitative estimate of drug-likeness (QED) is 0.930. The lowest BCUT2D eigenvalue weighted by Gasteiger charge is -2.27. The maximum atomic E-state index is 5.67. The zero-order valence-corrected chi connectivity index (χ0v) is 12.7. The first-order valence-electron chi connectivity index (χ1n) is 7.34. The molecule has 112 valence electrons. The monoisotopic (exact) mass is 287 g/mol.